The third kappa shape index (κ3) is 2.71. The normalized spacial score (nSPS) is 11.1. The molecule has 0 saturated heterocycles. The van der Waals surface area contributed by atoms with Crippen molar-refractivity contribution in [1.82, 2.24) is 29.4 Å². The van der Waals surface area contributed by atoms with Crippen LogP contribution in [0.3, 0.4) is 0 Å². The molecule has 3 heterocycles. The van der Waals surface area contributed by atoms with Gasteiger partial charge in [0.25, 0.3) is 5.78 Å². The van der Waals surface area contributed by atoms with E-state index < -0.39 is 0 Å². The predicted octanol–water partition coefficient (Wildman–Crippen LogP) is 2.78. The van der Waals surface area contributed by atoms with Gasteiger partial charge in [0, 0.05) is 23.5 Å². The van der Waals surface area contributed by atoms with E-state index in [4.69, 9.17) is 4.74 Å². The first-order valence-corrected chi connectivity index (χ1v) is 7.62. The summed E-state index contributed by atoms with van der Waals surface area (Å²) in [5.41, 5.74) is 2.95. The lowest BCUT2D eigenvalue weighted by Gasteiger charge is -2.06. The number of benzene rings is 1. The fourth-order valence-electron chi connectivity index (χ4n) is 2.52. The first-order chi connectivity index (χ1) is 11.7. The van der Waals surface area contributed by atoms with Crippen LogP contribution in [0.5, 0.6) is 11.8 Å². The minimum atomic E-state index is 0.506. The number of rotatable bonds is 4. The van der Waals surface area contributed by atoms with Crippen molar-refractivity contribution in [2.45, 2.75) is 20.4 Å². The first-order valence-electron chi connectivity index (χ1n) is 7.62. The van der Waals surface area contributed by atoms with Crippen molar-refractivity contribution in [3.63, 3.8) is 0 Å². The fraction of sp³-hybridized carbons (Fsp3) is 0.176. The van der Waals surface area contributed by atoms with Crippen molar-refractivity contribution in [3.05, 3.63) is 65.7 Å². The van der Waals surface area contributed by atoms with Crippen LogP contribution in [-0.4, -0.2) is 29.4 Å². The molecule has 0 spiro atoms. The molecule has 0 aliphatic heterocycles. The van der Waals surface area contributed by atoms with Crippen molar-refractivity contribution < 1.29 is 4.74 Å². The van der Waals surface area contributed by atoms with Crippen LogP contribution in [0.2, 0.25) is 0 Å². The van der Waals surface area contributed by atoms with Gasteiger partial charge < -0.3 is 4.74 Å². The topological polar surface area (TPSA) is 70.1 Å². The third-order valence-corrected chi connectivity index (χ3v) is 3.64. The van der Waals surface area contributed by atoms with Gasteiger partial charge in [-0.15, -0.1) is 5.10 Å². The van der Waals surface area contributed by atoms with Gasteiger partial charge in [-0.3, -0.25) is 4.68 Å². The smallest absolute Gasteiger partial charge is 0.255 e. The molecule has 4 rings (SSSR count). The van der Waals surface area contributed by atoms with Gasteiger partial charge >= 0.3 is 0 Å². The highest BCUT2D eigenvalue weighted by molar-refractivity contribution is 5.35. The van der Waals surface area contributed by atoms with Gasteiger partial charge in [-0.1, -0.05) is 30.3 Å². The lowest BCUT2D eigenvalue weighted by atomic mass is 10.2. The Kier molecular flexibility index (Phi) is 3.45. The zero-order valence-corrected chi connectivity index (χ0v) is 13.4. The average Bonchev–Trinajstić information content (AvgIpc) is 3.15. The molecule has 24 heavy (non-hydrogen) atoms. The minimum Gasteiger partial charge on any atom is -0.419 e. The number of nitrogens with zero attached hydrogens (tertiary/aromatic N) is 6. The molecule has 7 nitrogen and oxygen atoms in total. The molecule has 0 fully saturated rings. The Morgan fingerprint density at radius 3 is 2.79 bits per heavy atom. The van der Waals surface area contributed by atoms with Gasteiger partial charge in [0.2, 0.25) is 11.8 Å². The molecule has 0 unspecified atom stereocenters. The van der Waals surface area contributed by atoms with E-state index in [1.807, 2.05) is 49.0 Å². The summed E-state index contributed by atoms with van der Waals surface area (Å²) >= 11 is 0. The average molecular weight is 320 g/mol. The maximum atomic E-state index is 5.97. The largest absolute Gasteiger partial charge is 0.419 e. The molecule has 120 valence electrons. The zero-order valence-electron chi connectivity index (χ0n) is 13.4. The number of hydrogen-bond donors (Lipinski definition) is 0. The Balaban J connectivity index is 1.64. The second kappa shape index (κ2) is 5.77. The van der Waals surface area contributed by atoms with E-state index in [0.717, 1.165) is 11.3 Å². The molecule has 0 amide bonds. The van der Waals surface area contributed by atoms with Crippen LogP contribution in [0.25, 0.3) is 5.78 Å². The van der Waals surface area contributed by atoms with Crippen molar-refractivity contribution in [2.75, 3.05) is 0 Å². The molecule has 0 aliphatic rings. The Bertz CT molecular complexity index is 989. The molecule has 3 aromatic heterocycles. The first kappa shape index (κ1) is 14.4. The van der Waals surface area contributed by atoms with E-state index in [1.165, 1.54) is 11.9 Å². The summed E-state index contributed by atoms with van der Waals surface area (Å²) < 4.78 is 9.39. The standard InChI is InChI=1S/C17H16N6O/c1-12-9-22(10-14-6-4-3-5-7-14)21-16(12)24-15-8-13(2)20-17-18-11-19-23(15)17/h3-9,11H,10H2,1-2H3. The summed E-state index contributed by atoms with van der Waals surface area (Å²) in [6, 6.07) is 12.0. The number of aromatic nitrogens is 6. The van der Waals surface area contributed by atoms with Crippen molar-refractivity contribution in [3.8, 4) is 11.8 Å². The Morgan fingerprint density at radius 2 is 1.96 bits per heavy atom. The molecule has 0 atom stereocenters. The van der Waals surface area contributed by atoms with Crippen LogP contribution in [0.15, 0.2) is 48.9 Å². The van der Waals surface area contributed by atoms with Crippen molar-refractivity contribution in [1.29, 1.82) is 0 Å². The van der Waals surface area contributed by atoms with Crippen molar-refractivity contribution in [2.24, 2.45) is 0 Å². The van der Waals surface area contributed by atoms with Gasteiger partial charge in [0.15, 0.2) is 0 Å². The van der Waals surface area contributed by atoms with Crippen LogP contribution < -0.4 is 4.74 Å². The maximum Gasteiger partial charge on any atom is 0.255 e. The summed E-state index contributed by atoms with van der Waals surface area (Å²) in [6.45, 7) is 4.55. The lowest BCUT2D eigenvalue weighted by molar-refractivity contribution is 0.417. The third-order valence-electron chi connectivity index (χ3n) is 3.64. The Labute approximate surface area is 138 Å². The van der Waals surface area contributed by atoms with E-state index in [9.17, 15) is 0 Å². The van der Waals surface area contributed by atoms with E-state index in [2.05, 4.69) is 32.3 Å². The van der Waals surface area contributed by atoms with Crippen LogP contribution in [0, 0.1) is 13.8 Å². The number of aryl methyl sites for hydroxylation is 2. The van der Waals surface area contributed by atoms with Crippen molar-refractivity contribution >= 4 is 5.78 Å². The molecule has 0 aliphatic carbocycles. The van der Waals surface area contributed by atoms with Gasteiger partial charge in [0.1, 0.15) is 6.33 Å². The van der Waals surface area contributed by atoms with Crippen LogP contribution in [0.1, 0.15) is 16.8 Å². The molecule has 1 aromatic carbocycles. The number of fused-ring (bicyclic) bond motifs is 1. The molecule has 0 bridgehead atoms. The highest BCUT2D eigenvalue weighted by atomic mass is 16.5. The molecular weight excluding hydrogens is 304 g/mol. The second-order valence-corrected chi connectivity index (χ2v) is 5.61. The Hall–Kier alpha value is -3.22. The molecule has 7 heteroatoms. The van der Waals surface area contributed by atoms with E-state index in [-0.39, 0.29) is 0 Å². The van der Waals surface area contributed by atoms with E-state index in [0.29, 0.717) is 24.1 Å². The summed E-state index contributed by atoms with van der Waals surface area (Å²) in [5, 5.41) is 8.68. The van der Waals surface area contributed by atoms with Crippen LogP contribution in [0.4, 0.5) is 0 Å². The Morgan fingerprint density at radius 1 is 1.12 bits per heavy atom. The van der Waals surface area contributed by atoms with Gasteiger partial charge in [-0.2, -0.15) is 14.6 Å². The summed E-state index contributed by atoms with van der Waals surface area (Å²) in [5.74, 6) is 1.60. The summed E-state index contributed by atoms with van der Waals surface area (Å²) in [4.78, 5) is 8.41. The quantitative estimate of drug-likeness (QED) is 0.578. The molecule has 0 radical (unpaired) electrons. The summed E-state index contributed by atoms with van der Waals surface area (Å²) in [7, 11) is 0. The molecule has 4 aromatic rings. The fourth-order valence-corrected chi connectivity index (χ4v) is 2.52. The molecule has 0 N–H and O–H groups in total. The van der Waals surface area contributed by atoms with Gasteiger partial charge in [-0.25, -0.2) is 4.98 Å². The summed E-state index contributed by atoms with van der Waals surface area (Å²) in [6.07, 6.45) is 3.42. The minimum absolute atomic E-state index is 0.506. The van der Waals surface area contributed by atoms with Gasteiger partial charge in [0.05, 0.1) is 6.54 Å². The van der Waals surface area contributed by atoms with Gasteiger partial charge in [-0.05, 0) is 19.4 Å². The number of hydrogen-bond acceptors (Lipinski definition) is 5. The maximum absolute atomic E-state index is 5.97. The van der Waals surface area contributed by atoms with Crippen LogP contribution >= 0.6 is 0 Å². The molecule has 0 saturated carbocycles. The van der Waals surface area contributed by atoms with E-state index in [1.54, 1.807) is 4.52 Å². The zero-order chi connectivity index (χ0) is 16.5. The second-order valence-electron chi connectivity index (χ2n) is 5.61. The van der Waals surface area contributed by atoms with E-state index >= 15 is 0 Å². The monoisotopic (exact) mass is 320 g/mol. The highest BCUT2D eigenvalue weighted by Crippen LogP contribution is 2.24. The predicted molar refractivity (Wildman–Crippen MR) is 88.1 cm³/mol. The highest BCUT2D eigenvalue weighted by Gasteiger charge is 2.12. The molecular formula is C17H16N6O. The van der Waals surface area contributed by atoms with Crippen LogP contribution in [-0.2, 0) is 6.54 Å². The number of ether oxygens (including phenoxy) is 1. The lowest BCUT2D eigenvalue weighted by Crippen LogP contribution is -2.02. The SMILES string of the molecule is Cc1cc(Oc2nn(Cc3ccccc3)cc2C)n2ncnc2n1.